The lowest BCUT2D eigenvalue weighted by Crippen LogP contribution is -2.50. The Balaban J connectivity index is 1.39. The summed E-state index contributed by atoms with van der Waals surface area (Å²) in [4.78, 5) is 42.8. The number of carbonyl (C=O) groups is 3. The van der Waals surface area contributed by atoms with Gasteiger partial charge in [-0.15, -0.1) is 0 Å². The minimum Gasteiger partial charge on any atom is -0.480 e. The highest BCUT2D eigenvalue weighted by atomic mass is 16.7. The van der Waals surface area contributed by atoms with Crippen LogP contribution in [0.2, 0.25) is 0 Å². The van der Waals surface area contributed by atoms with Gasteiger partial charge in [0.05, 0.1) is 18.0 Å². The molecule has 9 nitrogen and oxygen atoms in total. The first kappa shape index (κ1) is 26.4. The van der Waals surface area contributed by atoms with E-state index < -0.39 is 29.9 Å². The number of hydrogen-bond donors (Lipinski definition) is 3. The van der Waals surface area contributed by atoms with E-state index in [4.69, 9.17) is 15.3 Å². The van der Waals surface area contributed by atoms with Crippen molar-refractivity contribution in [3.8, 4) is 0 Å². The van der Waals surface area contributed by atoms with Crippen molar-refractivity contribution in [3.05, 3.63) is 108 Å². The molecule has 0 fully saturated rings. The molecule has 4 aromatic rings. The number of nitrogens with zero attached hydrogens (tertiary/aromatic N) is 1. The Morgan fingerprint density at radius 1 is 0.868 bits per heavy atom. The first-order valence-corrected chi connectivity index (χ1v) is 12.1. The van der Waals surface area contributed by atoms with Gasteiger partial charge in [-0.3, -0.25) is 9.59 Å². The first-order chi connectivity index (χ1) is 18.4. The van der Waals surface area contributed by atoms with Gasteiger partial charge in [0.2, 0.25) is 5.91 Å². The maximum absolute atomic E-state index is 12.6. The smallest absolute Gasteiger partial charge is 0.326 e. The van der Waals surface area contributed by atoms with Gasteiger partial charge in [-0.25, -0.2) is 4.79 Å². The van der Waals surface area contributed by atoms with Gasteiger partial charge in [-0.2, -0.15) is 4.73 Å². The quantitative estimate of drug-likeness (QED) is 0.247. The summed E-state index contributed by atoms with van der Waals surface area (Å²) in [5.74, 6) is -2.63. The van der Waals surface area contributed by atoms with Crippen LogP contribution in [-0.4, -0.2) is 39.8 Å². The highest BCUT2D eigenvalue weighted by molar-refractivity contribution is 5.90. The summed E-state index contributed by atoms with van der Waals surface area (Å²) in [5.41, 5.74) is 9.12. The molecule has 196 valence electrons. The fourth-order valence-corrected chi connectivity index (χ4v) is 3.97. The maximum atomic E-state index is 12.6. The minimum absolute atomic E-state index is 0.00550. The van der Waals surface area contributed by atoms with Crippen LogP contribution in [0.25, 0.3) is 10.9 Å². The largest absolute Gasteiger partial charge is 0.480 e. The first-order valence-electron chi connectivity index (χ1n) is 12.1. The lowest BCUT2D eigenvalue weighted by atomic mass is 10.0. The van der Waals surface area contributed by atoms with Crippen molar-refractivity contribution in [2.75, 3.05) is 0 Å². The van der Waals surface area contributed by atoms with Crippen molar-refractivity contribution >= 4 is 28.7 Å². The second-order valence-electron chi connectivity index (χ2n) is 8.82. The van der Waals surface area contributed by atoms with E-state index in [-0.39, 0.29) is 19.4 Å². The number of carbonyl (C=O) groups excluding carboxylic acids is 2. The Morgan fingerprint density at radius 2 is 1.47 bits per heavy atom. The molecule has 0 aliphatic heterocycles. The Bertz CT molecular complexity index is 1390. The predicted molar refractivity (Wildman–Crippen MR) is 141 cm³/mol. The lowest BCUT2D eigenvalue weighted by molar-refractivity contribution is -0.147. The van der Waals surface area contributed by atoms with Crippen molar-refractivity contribution in [3.63, 3.8) is 0 Å². The Kier molecular flexibility index (Phi) is 8.73. The van der Waals surface area contributed by atoms with Crippen LogP contribution in [0.5, 0.6) is 0 Å². The number of esters is 1. The van der Waals surface area contributed by atoms with E-state index in [0.29, 0.717) is 12.2 Å². The summed E-state index contributed by atoms with van der Waals surface area (Å²) in [6, 6.07) is 23.7. The van der Waals surface area contributed by atoms with Gasteiger partial charge in [0.1, 0.15) is 19.3 Å². The highest BCUT2D eigenvalue weighted by Crippen LogP contribution is 2.22. The van der Waals surface area contributed by atoms with Gasteiger partial charge in [-0.05, 0) is 22.8 Å². The van der Waals surface area contributed by atoms with Crippen LogP contribution in [0.15, 0.2) is 91.1 Å². The zero-order valence-electron chi connectivity index (χ0n) is 20.7. The van der Waals surface area contributed by atoms with Crippen LogP contribution in [0.1, 0.15) is 23.1 Å². The number of fused-ring (bicyclic) bond motifs is 1. The number of aliphatic carboxylic acids is 1. The number of carboxylic acid groups (broad SMARTS) is 1. The molecule has 4 N–H and O–H groups in total. The molecule has 1 amide bonds. The molecule has 38 heavy (non-hydrogen) atoms. The molecule has 1 heterocycles. The van der Waals surface area contributed by atoms with Crippen molar-refractivity contribution in [1.82, 2.24) is 10.0 Å². The van der Waals surface area contributed by atoms with Crippen molar-refractivity contribution in [2.24, 2.45) is 5.73 Å². The summed E-state index contributed by atoms with van der Waals surface area (Å²) in [6.45, 7) is 0.384. The molecular formula is C29H29N3O6. The third-order valence-corrected chi connectivity index (χ3v) is 5.98. The van der Waals surface area contributed by atoms with Gasteiger partial charge >= 0.3 is 11.9 Å². The Morgan fingerprint density at radius 3 is 2.13 bits per heavy atom. The molecule has 0 bridgehead atoms. The molecule has 0 saturated carbocycles. The van der Waals surface area contributed by atoms with E-state index in [1.54, 1.807) is 23.1 Å². The lowest BCUT2D eigenvalue weighted by Gasteiger charge is -2.17. The molecule has 0 aliphatic rings. The van der Waals surface area contributed by atoms with E-state index >= 15 is 0 Å². The summed E-state index contributed by atoms with van der Waals surface area (Å²) < 4.78 is 6.77. The Hall–Kier alpha value is -4.63. The summed E-state index contributed by atoms with van der Waals surface area (Å²) in [6.07, 6.45) is 1.34. The fraction of sp³-hybridized carbons (Fsp3) is 0.207. The normalized spacial score (nSPS) is 12.4. The molecule has 0 unspecified atom stereocenters. The van der Waals surface area contributed by atoms with Crippen molar-refractivity contribution in [2.45, 2.75) is 38.1 Å². The molecule has 3 aromatic carbocycles. The molecule has 4 rings (SSSR count). The number of hydrogen-bond acceptors (Lipinski definition) is 6. The molecule has 0 saturated heterocycles. The van der Waals surface area contributed by atoms with Gasteiger partial charge in [0.15, 0.2) is 0 Å². The van der Waals surface area contributed by atoms with Gasteiger partial charge in [-0.1, -0.05) is 78.9 Å². The number of amides is 1. The third kappa shape index (κ3) is 6.98. The van der Waals surface area contributed by atoms with Crippen LogP contribution in [0.4, 0.5) is 0 Å². The standard InChI is InChI=1S/C29H29N3O6/c30-24(16-27(33)37-18-20-9-3-1-4-10-20)28(34)31-25(29(35)36)15-22-17-32(26-14-8-7-13-23(22)26)38-19-21-11-5-2-6-12-21/h1-14,17,24-25H,15-16,18-19,30H2,(H,31,34)(H,35,36)/t24-,25-/m0/s1. The minimum atomic E-state index is -1.26. The van der Waals surface area contributed by atoms with Gasteiger partial charge in [0.25, 0.3) is 0 Å². The monoisotopic (exact) mass is 515 g/mol. The number of ether oxygens (including phenoxy) is 1. The molecule has 1 aromatic heterocycles. The highest BCUT2D eigenvalue weighted by Gasteiger charge is 2.26. The third-order valence-electron chi connectivity index (χ3n) is 5.98. The summed E-state index contributed by atoms with van der Waals surface area (Å²) in [5, 5.41) is 13.1. The number of aromatic nitrogens is 1. The van der Waals surface area contributed by atoms with E-state index in [0.717, 1.165) is 22.0 Å². The van der Waals surface area contributed by atoms with Crippen molar-refractivity contribution in [1.29, 1.82) is 0 Å². The SMILES string of the molecule is N[C@@H](CC(=O)OCc1ccccc1)C(=O)N[C@@H](Cc1cn(OCc2ccccc2)c2ccccc12)C(=O)O. The molecule has 0 aliphatic carbocycles. The molecule has 0 radical (unpaired) electrons. The van der Waals surface area contributed by atoms with E-state index in [9.17, 15) is 19.5 Å². The molecular weight excluding hydrogens is 486 g/mol. The summed E-state index contributed by atoms with van der Waals surface area (Å²) in [7, 11) is 0. The van der Waals surface area contributed by atoms with E-state index in [2.05, 4.69) is 5.32 Å². The van der Waals surface area contributed by atoms with E-state index in [1.807, 2.05) is 72.8 Å². The van der Waals surface area contributed by atoms with Crippen LogP contribution in [-0.2, 0) is 38.8 Å². The van der Waals surface area contributed by atoms with Crippen LogP contribution in [0.3, 0.4) is 0 Å². The second-order valence-corrected chi connectivity index (χ2v) is 8.82. The second kappa shape index (κ2) is 12.6. The number of benzene rings is 3. The summed E-state index contributed by atoms with van der Waals surface area (Å²) >= 11 is 0. The van der Waals surface area contributed by atoms with Gasteiger partial charge in [0, 0.05) is 18.0 Å². The van der Waals surface area contributed by atoms with E-state index in [1.165, 1.54) is 0 Å². The zero-order chi connectivity index (χ0) is 26.9. The van der Waals surface area contributed by atoms with Crippen LogP contribution >= 0.6 is 0 Å². The maximum Gasteiger partial charge on any atom is 0.326 e. The topological polar surface area (TPSA) is 133 Å². The number of nitrogens with one attached hydrogen (secondary N) is 1. The van der Waals surface area contributed by atoms with Crippen LogP contribution in [0, 0.1) is 0 Å². The predicted octanol–water partition coefficient (Wildman–Crippen LogP) is 2.84. The Labute approximate surface area is 219 Å². The number of nitrogens with two attached hydrogens (primary N) is 1. The average Bonchev–Trinajstić information content (AvgIpc) is 3.28. The van der Waals surface area contributed by atoms with Gasteiger partial charge < -0.3 is 25.7 Å². The molecule has 2 atom stereocenters. The molecule has 9 heteroatoms. The number of rotatable bonds is 12. The average molecular weight is 516 g/mol. The van der Waals surface area contributed by atoms with Crippen molar-refractivity contribution < 1.29 is 29.1 Å². The number of para-hydroxylation sites is 1. The fourth-order valence-electron chi connectivity index (χ4n) is 3.97. The van der Waals surface area contributed by atoms with Crippen LogP contribution < -0.4 is 15.9 Å². The zero-order valence-corrected chi connectivity index (χ0v) is 20.7. The number of carboxylic acids is 1. The molecule has 0 spiro atoms.